The smallest absolute Gasteiger partial charge is 0.305 e. The number of rotatable bonds is 8. The third kappa shape index (κ3) is 7.81. The third-order valence-electron chi connectivity index (χ3n) is 2.92. The zero-order valence-corrected chi connectivity index (χ0v) is 11.6. The van der Waals surface area contributed by atoms with E-state index in [4.69, 9.17) is 0 Å². The lowest BCUT2D eigenvalue weighted by Gasteiger charge is -2.20. The molecule has 0 aliphatic carbocycles. The molecular weight excluding hydrogens is 234 g/mol. The molecular formula is C13H23NO4. The van der Waals surface area contributed by atoms with E-state index < -0.39 is 0 Å². The number of Topliss-reactive ketones (excluding diaryl/α,β-unsaturated/α-hetero) is 1. The SMILES string of the molecule is COC(=O)CCCC(C)C(C)NC(=O)CC(C)=O. The quantitative estimate of drug-likeness (QED) is 0.527. The summed E-state index contributed by atoms with van der Waals surface area (Å²) in [5.74, 6) is -0.339. The van der Waals surface area contributed by atoms with Gasteiger partial charge in [-0.25, -0.2) is 0 Å². The Morgan fingerprint density at radius 2 is 1.83 bits per heavy atom. The maximum Gasteiger partial charge on any atom is 0.305 e. The van der Waals surface area contributed by atoms with Crippen LogP contribution < -0.4 is 5.32 Å². The van der Waals surface area contributed by atoms with Crippen molar-refractivity contribution in [1.82, 2.24) is 5.32 Å². The molecule has 0 bridgehead atoms. The van der Waals surface area contributed by atoms with Gasteiger partial charge in [0.25, 0.3) is 0 Å². The monoisotopic (exact) mass is 257 g/mol. The van der Waals surface area contributed by atoms with Crippen LogP contribution in [0, 0.1) is 5.92 Å². The van der Waals surface area contributed by atoms with E-state index in [-0.39, 0.29) is 36.0 Å². The van der Waals surface area contributed by atoms with Crippen molar-refractivity contribution in [3.8, 4) is 0 Å². The average Bonchev–Trinajstić information content (AvgIpc) is 2.27. The summed E-state index contributed by atoms with van der Waals surface area (Å²) >= 11 is 0. The summed E-state index contributed by atoms with van der Waals surface area (Å²) in [7, 11) is 1.37. The van der Waals surface area contributed by atoms with Crippen LogP contribution in [0.25, 0.3) is 0 Å². The van der Waals surface area contributed by atoms with Crippen molar-refractivity contribution in [2.75, 3.05) is 7.11 Å². The molecule has 0 aromatic carbocycles. The van der Waals surface area contributed by atoms with Gasteiger partial charge in [0.05, 0.1) is 13.5 Å². The zero-order valence-electron chi connectivity index (χ0n) is 11.6. The lowest BCUT2D eigenvalue weighted by molar-refractivity contribution is -0.140. The van der Waals surface area contributed by atoms with Crippen molar-refractivity contribution in [2.24, 2.45) is 5.92 Å². The molecule has 0 rings (SSSR count). The van der Waals surface area contributed by atoms with E-state index in [0.29, 0.717) is 6.42 Å². The van der Waals surface area contributed by atoms with Gasteiger partial charge in [0.2, 0.25) is 5.91 Å². The van der Waals surface area contributed by atoms with Gasteiger partial charge in [-0.15, -0.1) is 0 Å². The molecule has 5 nitrogen and oxygen atoms in total. The van der Waals surface area contributed by atoms with Crippen LogP contribution in [0.15, 0.2) is 0 Å². The zero-order chi connectivity index (χ0) is 14.1. The summed E-state index contributed by atoms with van der Waals surface area (Å²) in [4.78, 5) is 33.1. The van der Waals surface area contributed by atoms with Gasteiger partial charge in [-0.2, -0.15) is 0 Å². The van der Waals surface area contributed by atoms with Crippen LogP contribution in [-0.4, -0.2) is 30.8 Å². The first-order valence-electron chi connectivity index (χ1n) is 6.22. The third-order valence-corrected chi connectivity index (χ3v) is 2.92. The lowest BCUT2D eigenvalue weighted by Crippen LogP contribution is -2.37. The second-order valence-electron chi connectivity index (χ2n) is 4.68. The number of esters is 1. The van der Waals surface area contributed by atoms with E-state index in [1.165, 1.54) is 14.0 Å². The molecule has 0 aliphatic heterocycles. The fourth-order valence-corrected chi connectivity index (χ4v) is 1.59. The van der Waals surface area contributed by atoms with Crippen molar-refractivity contribution >= 4 is 17.7 Å². The largest absolute Gasteiger partial charge is 0.469 e. The number of hydrogen-bond acceptors (Lipinski definition) is 4. The summed E-state index contributed by atoms with van der Waals surface area (Å²) < 4.78 is 4.55. The van der Waals surface area contributed by atoms with E-state index in [0.717, 1.165) is 12.8 Å². The molecule has 0 aromatic heterocycles. The van der Waals surface area contributed by atoms with Gasteiger partial charge in [0, 0.05) is 12.5 Å². The van der Waals surface area contributed by atoms with E-state index in [1.807, 2.05) is 13.8 Å². The molecule has 1 amide bonds. The second kappa shape index (κ2) is 8.66. The fourth-order valence-electron chi connectivity index (χ4n) is 1.59. The highest BCUT2D eigenvalue weighted by molar-refractivity contribution is 5.96. The first-order valence-corrected chi connectivity index (χ1v) is 6.22. The van der Waals surface area contributed by atoms with Crippen molar-refractivity contribution in [3.05, 3.63) is 0 Å². The van der Waals surface area contributed by atoms with Gasteiger partial charge in [-0.05, 0) is 32.6 Å². The highest BCUT2D eigenvalue weighted by Crippen LogP contribution is 2.12. The molecule has 0 spiro atoms. The van der Waals surface area contributed by atoms with Crippen LogP contribution in [0.5, 0.6) is 0 Å². The average molecular weight is 257 g/mol. The van der Waals surface area contributed by atoms with Crippen molar-refractivity contribution in [1.29, 1.82) is 0 Å². The number of ether oxygens (including phenoxy) is 1. The van der Waals surface area contributed by atoms with Gasteiger partial charge in [-0.1, -0.05) is 6.92 Å². The summed E-state index contributed by atoms with van der Waals surface area (Å²) in [6, 6.07) is -0.00510. The minimum atomic E-state index is -0.241. The Labute approximate surface area is 108 Å². The van der Waals surface area contributed by atoms with Gasteiger partial charge in [0.1, 0.15) is 5.78 Å². The highest BCUT2D eigenvalue weighted by Gasteiger charge is 2.15. The predicted octanol–water partition coefficient (Wildman–Crippen LogP) is 1.45. The Kier molecular flexibility index (Phi) is 8.00. The Morgan fingerprint density at radius 1 is 1.22 bits per heavy atom. The van der Waals surface area contributed by atoms with Crippen molar-refractivity contribution in [3.63, 3.8) is 0 Å². The molecule has 1 N–H and O–H groups in total. The van der Waals surface area contributed by atoms with Gasteiger partial charge in [-0.3, -0.25) is 14.4 Å². The molecule has 5 heteroatoms. The number of ketones is 1. The first-order chi connectivity index (χ1) is 8.36. The molecule has 2 unspecified atom stereocenters. The number of nitrogens with one attached hydrogen (secondary N) is 1. The van der Waals surface area contributed by atoms with Gasteiger partial charge in [0.15, 0.2) is 0 Å². The molecule has 2 atom stereocenters. The number of amides is 1. The predicted molar refractivity (Wildman–Crippen MR) is 67.9 cm³/mol. The summed E-state index contributed by atoms with van der Waals surface area (Å²) in [6.07, 6.45) is 1.89. The highest BCUT2D eigenvalue weighted by atomic mass is 16.5. The molecule has 0 heterocycles. The fraction of sp³-hybridized carbons (Fsp3) is 0.769. The Morgan fingerprint density at radius 3 is 2.33 bits per heavy atom. The topological polar surface area (TPSA) is 72.5 Å². The minimum Gasteiger partial charge on any atom is -0.469 e. The molecule has 0 fully saturated rings. The molecule has 104 valence electrons. The van der Waals surface area contributed by atoms with Gasteiger partial charge >= 0.3 is 5.97 Å². The Bertz CT molecular complexity index is 301. The Hall–Kier alpha value is -1.39. The number of methoxy groups -OCH3 is 1. The molecule has 0 aliphatic rings. The van der Waals surface area contributed by atoms with Crippen molar-refractivity contribution < 1.29 is 19.1 Å². The van der Waals surface area contributed by atoms with Crippen LogP contribution in [0.4, 0.5) is 0 Å². The number of carbonyl (C=O) groups excluding carboxylic acids is 3. The summed E-state index contributed by atoms with van der Waals surface area (Å²) in [6.45, 7) is 5.31. The van der Waals surface area contributed by atoms with Gasteiger partial charge < -0.3 is 10.1 Å². The Balaban J connectivity index is 3.88. The summed E-state index contributed by atoms with van der Waals surface area (Å²) in [5, 5.41) is 2.79. The van der Waals surface area contributed by atoms with Crippen LogP contribution in [0.1, 0.15) is 46.5 Å². The van der Waals surface area contributed by atoms with Crippen LogP contribution in [0.2, 0.25) is 0 Å². The maximum absolute atomic E-state index is 11.4. The van der Waals surface area contributed by atoms with Crippen molar-refractivity contribution in [2.45, 2.75) is 52.5 Å². The molecule has 0 saturated carbocycles. The molecule has 0 radical (unpaired) electrons. The van der Waals surface area contributed by atoms with Crippen LogP contribution >= 0.6 is 0 Å². The molecule has 0 saturated heterocycles. The maximum atomic E-state index is 11.4. The number of carbonyl (C=O) groups is 3. The number of hydrogen-bond donors (Lipinski definition) is 1. The standard InChI is InChI=1S/C13H23NO4/c1-9(6-5-7-13(17)18-4)11(3)14-12(16)8-10(2)15/h9,11H,5-8H2,1-4H3,(H,14,16). The van der Waals surface area contributed by atoms with Crippen LogP contribution in [-0.2, 0) is 19.1 Å². The van der Waals surface area contributed by atoms with Crippen LogP contribution in [0.3, 0.4) is 0 Å². The second-order valence-corrected chi connectivity index (χ2v) is 4.68. The van der Waals surface area contributed by atoms with E-state index in [2.05, 4.69) is 10.1 Å². The minimum absolute atomic E-state index is 0.00510. The normalized spacial score (nSPS) is 13.6. The molecule has 18 heavy (non-hydrogen) atoms. The lowest BCUT2D eigenvalue weighted by atomic mass is 9.97. The van der Waals surface area contributed by atoms with E-state index >= 15 is 0 Å². The first kappa shape index (κ1) is 16.6. The summed E-state index contributed by atoms with van der Waals surface area (Å²) in [5.41, 5.74) is 0. The van der Waals surface area contributed by atoms with E-state index in [1.54, 1.807) is 0 Å². The van der Waals surface area contributed by atoms with E-state index in [9.17, 15) is 14.4 Å². The molecule has 0 aromatic rings.